The van der Waals surface area contributed by atoms with Crippen LogP contribution in [-0.2, 0) is 28.4 Å². The van der Waals surface area contributed by atoms with Gasteiger partial charge < -0.3 is 9.29 Å². The van der Waals surface area contributed by atoms with Crippen LogP contribution in [0.4, 0.5) is 0 Å². The van der Waals surface area contributed by atoms with E-state index in [1.165, 1.54) is 7.11 Å². The number of rotatable bonds is 4. The Bertz CT molecular complexity index is 386. The molecule has 0 saturated carbocycles. The monoisotopic (exact) mass is 250 g/mol. The van der Waals surface area contributed by atoms with E-state index in [9.17, 15) is 13.0 Å². The third-order valence-electron chi connectivity index (χ3n) is 1.73. The van der Waals surface area contributed by atoms with E-state index in [0.29, 0.717) is 0 Å². The lowest BCUT2D eigenvalue weighted by atomic mass is 10.7. The third-order valence-corrected chi connectivity index (χ3v) is 2.39. The molecule has 7 heteroatoms. The maximum Gasteiger partial charge on any atom is 0.243 e. The van der Waals surface area contributed by atoms with Gasteiger partial charge in [-0.1, -0.05) is 0 Å². The molecule has 1 aromatic heterocycles. The van der Waals surface area contributed by atoms with Crippen molar-refractivity contribution < 1.29 is 22.3 Å². The summed E-state index contributed by atoms with van der Waals surface area (Å²) in [4.78, 5) is 0. The van der Waals surface area contributed by atoms with Crippen molar-refractivity contribution in [2.24, 2.45) is 7.05 Å². The van der Waals surface area contributed by atoms with Crippen LogP contribution < -0.4 is 4.57 Å². The zero-order valence-electron chi connectivity index (χ0n) is 9.79. The molecule has 0 aliphatic heterocycles. The number of aryl methyl sites for hydroxylation is 2. The molecule has 0 aliphatic carbocycles. The van der Waals surface area contributed by atoms with Crippen LogP contribution in [0.3, 0.4) is 0 Å². The first kappa shape index (κ1) is 15.1. The molecule has 0 N–H and O–H groups in total. The fourth-order valence-corrected chi connectivity index (χ4v) is 1.24. The Morgan fingerprint density at radius 2 is 2.12 bits per heavy atom. The minimum Gasteiger partial charge on any atom is -0.748 e. The maximum atomic E-state index is 9.75. The van der Waals surface area contributed by atoms with Crippen molar-refractivity contribution in [3.05, 3.63) is 18.7 Å². The Kier molecular flexibility index (Phi) is 6.95. The van der Waals surface area contributed by atoms with Crippen molar-refractivity contribution in [1.29, 1.82) is 0 Å². The summed E-state index contributed by atoms with van der Waals surface area (Å²) in [6.45, 7) is 3.16. The van der Waals surface area contributed by atoms with Gasteiger partial charge in [0.1, 0.15) is 12.4 Å². The van der Waals surface area contributed by atoms with Gasteiger partial charge in [0.2, 0.25) is 6.33 Å². The molecule has 0 saturated heterocycles. The average molecular weight is 250 g/mol. The molecular weight excluding hydrogens is 232 g/mol. The molecule has 1 heterocycles. The summed E-state index contributed by atoms with van der Waals surface area (Å²) < 4.78 is 37.8. The number of imidazole rings is 1. The highest BCUT2D eigenvalue weighted by Crippen LogP contribution is 1.79. The van der Waals surface area contributed by atoms with Crippen molar-refractivity contribution in [3.8, 4) is 0 Å². The quantitative estimate of drug-likeness (QED) is 0.534. The maximum absolute atomic E-state index is 9.75. The summed E-state index contributed by atoms with van der Waals surface area (Å²) >= 11 is 0. The Balaban J connectivity index is 0.000000281. The van der Waals surface area contributed by atoms with E-state index in [0.717, 1.165) is 6.54 Å². The third kappa shape index (κ3) is 8.39. The lowest BCUT2D eigenvalue weighted by Gasteiger charge is -2.03. The van der Waals surface area contributed by atoms with Crippen LogP contribution >= 0.6 is 0 Å². The van der Waals surface area contributed by atoms with E-state index >= 15 is 0 Å². The molecule has 0 radical (unpaired) electrons. The van der Waals surface area contributed by atoms with Crippen LogP contribution in [0, 0.1) is 0 Å². The molecular formula is C9H18N2O4S. The van der Waals surface area contributed by atoms with Crippen molar-refractivity contribution >= 4 is 10.1 Å². The molecule has 0 amide bonds. The SMILES string of the molecule is CCn1cc[n+](C)c1.COCCS(=O)(=O)[O-]. The molecule has 1 aromatic rings. The number of aromatic nitrogens is 2. The highest BCUT2D eigenvalue weighted by atomic mass is 32.2. The van der Waals surface area contributed by atoms with Crippen LogP contribution in [0.5, 0.6) is 0 Å². The van der Waals surface area contributed by atoms with Gasteiger partial charge in [-0.05, 0) is 6.92 Å². The number of nitrogens with zero attached hydrogens (tertiary/aromatic N) is 2. The van der Waals surface area contributed by atoms with Gasteiger partial charge in [-0.15, -0.1) is 0 Å². The Labute approximate surface area is 96.2 Å². The van der Waals surface area contributed by atoms with E-state index in [1.807, 2.05) is 17.8 Å². The molecule has 0 unspecified atom stereocenters. The molecule has 16 heavy (non-hydrogen) atoms. The second-order valence-electron chi connectivity index (χ2n) is 3.16. The molecule has 1 rings (SSSR count). The summed E-state index contributed by atoms with van der Waals surface area (Å²) in [6, 6.07) is 0. The minimum atomic E-state index is -4.06. The predicted octanol–water partition coefficient (Wildman–Crippen LogP) is -0.489. The Hall–Kier alpha value is -0.920. The van der Waals surface area contributed by atoms with Crippen molar-refractivity contribution in [2.75, 3.05) is 19.5 Å². The van der Waals surface area contributed by atoms with Crippen molar-refractivity contribution in [3.63, 3.8) is 0 Å². The minimum absolute atomic E-state index is 0.0220. The molecule has 0 bridgehead atoms. The summed E-state index contributed by atoms with van der Waals surface area (Å²) in [7, 11) is -0.703. The summed E-state index contributed by atoms with van der Waals surface area (Å²) in [6.07, 6.45) is 6.14. The topological polar surface area (TPSA) is 75.2 Å². The largest absolute Gasteiger partial charge is 0.748 e. The first-order chi connectivity index (χ1) is 7.39. The smallest absolute Gasteiger partial charge is 0.243 e. The van der Waals surface area contributed by atoms with Crippen LogP contribution in [-0.4, -0.2) is 37.0 Å². The first-order valence-corrected chi connectivity index (χ1v) is 6.40. The van der Waals surface area contributed by atoms with E-state index in [-0.39, 0.29) is 6.61 Å². The van der Waals surface area contributed by atoms with Gasteiger partial charge in [-0.25, -0.2) is 17.6 Å². The molecule has 0 fully saturated rings. The Morgan fingerprint density at radius 3 is 2.31 bits per heavy atom. The van der Waals surface area contributed by atoms with Gasteiger partial charge in [0.05, 0.1) is 36.1 Å². The molecule has 0 atom stereocenters. The fourth-order valence-electron chi connectivity index (χ4n) is 0.874. The second-order valence-corrected chi connectivity index (χ2v) is 4.69. The number of methoxy groups -OCH3 is 1. The van der Waals surface area contributed by atoms with Crippen molar-refractivity contribution in [1.82, 2.24) is 4.57 Å². The van der Waals surface area contributed by atoms with Gasteiger partial charge in [-0.3, -0.25) is 0 Å². The van der Waals surface area contributed by atoms with Gasteiger partial charge in [0.15, 0.2) is 0 Å². The van der Waals surface area contributed by atoms with E-state index in [4.69, 9.17) is 0 Å². The van der Waals surface area contributed by atoms with E-state index in [1.54, 1.807) is 0 Å². The molecule has 0 aliphatic rings. The van der Waals surface area contributed by atoms with Gasteiger partial charge in [-0.2, -0.15) is 0 Å². The van der Waals surface area contributed by atoms with Crippen LogP contribution in [0.1, 0.15) is 6.92 Å². The lowest BCUT2D eigenvalue weighted by molar-refractivity contribution is -0.671. The molecule has 6 nitrogen and oxygen atoms in total. The Morgan fingerprint density at radius 1 is 1.50 bits per heavy atom. The van der Waals surface area contributed by atoms with E-state index < -0.39 is 15.9 Å². The zero-order valence-corrected chi connectivity index (χ0v) is 10.6. The average Bonchev–Trinajstić information content (AvgIpc) is 2.61. The molecule has 94 valence electrons. The van der Waals surface area contributed by atoms with Crippen LogP contribution in [0.15, 0.2) is 18.7 Å². The predicted molar refractivity (Wildman–Crippen MR) is 57.7 cm³/mol. The fraction of sp³-hybridized carbons (Fsp3) is 0.667. The highest BCUT2D eigenvalue weighted by molar-refractivity contribution is 7.85. The van der Waals surface area contributed by atoms with Gasteiger partial charge in [0.25, 0.3) is 0 Å². The highest BCUT2D eigenvalue weighted by Gasteiger charge is 1.92. The summed E-state index contributed by atoms with van der Waals surface area (Å²) in [5, 5.41) is 0. The van der Waals surface area contributed by atoms with E-state index in [2.05, 4.69) is 28.8 Å². The summed E-state index contributed by atoms with van der Waals surface area (Å²) in [5.41, 5.74) is 0. The van der Waals surface area contributed by atoms with Gasteiger partial charge in [0, 0.05) is 7.11 Å². The number of ether oxygens (including phenoxy) is 1. The van der Waals surface area contributed by atoms with Crippen LogP contribution in [0.25, 0.3) is 0 Å². The normalized spacial score (nSPS) is 10.8. The van der Waals surface area contributed by atoms with Gasteiger partial charge >= 0.3 is 0 Å². The van der Waals surface area contributed by atoms with Crippen LogP contribution in [0.2, 0.25) is 0 Å². The summed E-state index contributed by atoms with van der Waals surface area (Å²) in [5.74, 6) is -0.441. The van der Waals surface area contributed by atoms with Crippen molar-refractivity contribution in [2.45, 2.75) is 13.5 Å². The second kappa shape index (κ2) is 7.37. The first-order valence-electron chi connectivity index (χ1n) is 4.82. The standard InChI is InChI=1S/C6H11N2.C3H8O4S/c1-3-8-5-4-7(2)6-8;1-7-2-3-8(4,5)6/h4-6H,3H2,1-2H3;2-3H2,1H3,(H,4,5,6)/q+1;/p-1. The zero-order chi connectivity index (χ0) is 12.6. The number of hydrogen-bond donors (Lipinski definition) is 0. The number of hydrogen-bond acceptors (Lipinski definition) is 4. The molecule has 0 spiro atoms. The molecule has 0 aromatic carbocycles. The lowest BCUT2D eigenvalue weighted by Crippen LogP contribution is -2.23.